The van der Waals surface area contributed by atoms with Gasteiger partial charge in [-0.1, -0.05) is 36.4 Å². The number of Topliss-reactive ketones (excluding diaryl/α,β-unsaturated/α-hetero) is 1. The van der Waals surface area contributed by atoms with Gasteiger partial charge in [0.15, 0.2) is 5.78 Å². The van der Waals surface area contributed by atoms with Gasteiger partial charge < -0.3 is 10.1 Å². The molecular formula is C17H17NO2. The van der Waals surface area contributed by atoms with Gasteiger partial charge >= 0.3 is 0 Å². The van der Waals surface area contributed by atoms with Crippen LogP contribution in [0.2, 0.25) is 0 Å². The zero-order chi connectivity index (χ0) is 13.9. The summed E-state index contributed by atoms with van der Waals surface area (Å²) in [4.78, 5) is 12.8. The third-order valence-corrected chi connectivity index (χ3v) is 3.71. The molecule has 0 spiro atoms. The van der Waals surface area contributed by atoms with Crippen molar-refractivity contribution >= 4 is 16.6 Å². The Hall–Kier alpha value is -2.29. The summed E-state index contributed by atoms with van der Waals surface area (Å²) in [6.45, 7) is 0. The van der Waals surface area contributed by atoms with Crippen LogP contribution in [-0.2, 0) is 0 Å². The van der Waals surface area contributed by atoms with E-state index >= 15 is 0 Å². The zero-order valence-electron chi connectivity index (χ0n) is 11.4. The Labute approximate surface area is 118 Å². The molecule has 0 bridgehead atoms. The van der Waals surface area contributed by atoms with Gasteiger partial charge in [0.25, 0.3) is 0 Å². The highest BCUT2D eigenvalue weighted by atomic mass is 16.5. The lowest BCUT2D eigenvalue weighted by Crippen LogP contribution is -2.35. The third-order valence-electron chi connectivity index (χ3n) is 3.71. The number of benzene rings is 2. The number of carbonyl (C=O) groups excluding carboxylic acids is 1. The molecule has 3 heteroatoms. The van der Waals surface area contributed by atoms with Crippen molar-refractivity contribution in [1.29, 1.82) is 0 Å². The molecule has 0 aromatic heterocycles. The molecule has 0 fully saturated rings. The molecule has 3 nitrogen and oxygen atoms in total. The van der Waals surface area contributed by atoms with Crippen LogP contribution < -0.4 is 10.1 Å². The first-order chi connectivity index (χ1) is 9.81. The van der Waals surface area contributed by atoms with E-state index in [1.807, 2.05) is 48.7 Å². The molecule has 2 aromatic rings. The molecule has 1 aliphatic heterocycles. The van der Waals surface area contributed by atoms with Crippen molar-refractivity contribution in [2.24, 2.45) is 0 Å². The van der Waals surface area contributed by atoms with E-state index in [0.717, 1.165) is 23.6 Å². The maximum Gasteiger partial charge on any atom is 0.189 e. The smallest absolute Gasteiger partial charge is 0.189 e. The lowest BCUT2D eigenvalue weighted by atomic mass is 9.93. The summed E-state index contributed by atoms with van der Waals surface area (Å²) < 4.78 is 5.40. The second kappa shape index (κ2) is 5.37. The number of allylic oxidation sites excluding steroid dienone is 1. The predicted octanol–water partition coefficient (Wildman–Crippen LogP) is 3.30. The Morgan fingerprint density at radius 1 is 1.25 bits per heavy atom. The van der Waals surface area contributed by atoms with Crippen molar-refractivity contribution in [2.45, 2.75) is 18.9 Å². The predicted molar refractivity (Wildman–Crippen MR) is 80.1 cm³/mol. The normalized spacial score (nSPS) is 17.8. The first kappa shape index (κ1) is 12.7. The zero-order valence-corrected chi connectivity index (χ0v) is 11.4. The Morgan fingerprint density at radius 2 is 2.10 bits per heavy atom. The summed E-state index contributed by atoms with van der Waals surface area (Å²) in [7, 11) is 1.61. The maximum absolute atomic E-state index is 12.8. The molecule has 1 aliphatic rings. The number of ether oxygens (including phenoxy) is 1. The molecule has 1 N–H and O–H groups in total. The van der Waals surface area contributed by atoms with E-state index in [4.69, 9.17) is 4.74 Å². The van der Waals surface area contributed by atoms with Gasteiger partial charge in [-0.05, 0) is 35.9 Å². The van der Waals surface area contributed by atoms with Crippen LogP contribution in [-0.4, -0.2) is 18.9 Å². The molecule has 0 saturated heterocycles. The Bertz CT molecular complexity index is 676. The Morgan fingerprint density at radius 3 is 2.85 bits per heavy atom. The average Bonchev–Trinajstić information content (AvgIpc) is 2.54. The topological polar surface area (TPSA) is 38.3 Å². The van der Waals surface area contributed by atoms with E-state index in [9.17, 15) is 4.79 Å². The van der Waals surface area contributed by atoms with Crippen molar-refractivity contribution in [1.82, 2.24) is 5.32 Å². The molecule has 0 saturated carbocycles. The minimum Gasteiger partial charge on any atom is -0.496 e. The van der Waals surface area contributed by atoms with Crippen molar-refractivity contribution in [2.75, 3.05) is 7.11 Å². The largest absolute Gasteiger partial charge is 0.496 e. The number of methoxy groups -OCH3 is 1. The van der Waals surface area contributed by atoms with Crippen LogP contribution in [0.3, 0.4) is 0 Å². The summed E-state index contributed by atoms with van der Waals surface area (Å²) >= 11 is 0. The van der Waals surface area contributed by atoms with E-state index in [1.165, 1.54) is 0 Å². The molecule has 0 aliphatic carbocycles. The number of fused-ring (bicyclic) bond motifs is 1. The second-order valence-electron chi connectivity index (χ2n) is 4.93. The number of hydrogen-bond acceptors (Lipinski definition) is 3. The van der Waals surface area contributed by atoms with Crippen LogP contribution in [0.25, 0.3) is 10.8 Å². The standard InChI is InChI=1S/C17H17NO2/c1-20-15-10-9-12-6-2-3-7-13(12)16(15)17(19)14-8-4-5-11-18-14/h2-3,5-7,9-11,14,18H,4,8H2,1H3. The molecule has 2 aromatic carbocycles. The first-order valence-electron chi connectivity index (χ1n) is 6.82. The molecule has 3 rings (SSSR count). The van der Waals surface area contributed by atoms with Gasteiger partial charge in [-0.2, -0.15) is 0 Å². The summed E-state index contributed by atoms with van der Waals surface area (Å²) in [5, 5.41) is 5.16. The first-order valence-corrected chi connectivity index (χ1v) is 6.82. The number of rotatable bonds is 3. The van der Waals surface area contributed by atoms with E-state index in [1.54, 1.807) is 7.11 Å². The van der Waals surface area contributed by atoms with Gasteiger partial charge in [-0.15, -0.1) is 0 Å². The molecule has 102 valence electrons. The number of nitrogens with one attached hydrogen (secondary N) is 1. The SMILES string of the molecule is COc1ccc2ccccc2c1C(=O)C1CCC=CN1. The Kier molecular flexibility index (Phi) is 3.42. The highest BCUT2D eigenvalue weighted by Gasteiger charge is 2.24. The van der Waals surface area contributed by atoms with Crippen LogP contribution in [0.1, 0.15) is 23.2 Å². The molecule has 0 radical (unpaired) electrons. The number of hydrogen-bond donors (Lipinski definition) is 1. The van der Waals surface area contributed by atoms with Crippen LogP contribution in [0.15, 0.2) is 48.7 Å². The van der Waals surface area contributed by atoms with E-state index < -0.39 is 0 Å². The summed E-state index contributed by atoms with van der Waals surface area (Å²) in [5.74, 6) is 0.744. The number of carbonyl (C=O) groups is 1. The summed E-state index contributed by atoms with van der Waals surface area (Å²) in [5.41, 5.74) is 0.679. The van der Waals surface area contributed by atoms with Gasteiger partial charge in [0, 0.05) is 0 Å². The lowest BCUT2D eigenvalue weighted by molar-refractivity contribution is 0.0942. The van der Waals surface area contributed by atoms with Crippen molar-refractivity contribution < 1.29 is 9.53 Å². The fraction of sp³-hybridized carbons (Fsp3) is 0.235. The minimum absolute atomic E-state index is 0.100. The Balaban J connectivity index is 2.12. The van der Waals surface area contributed by atoms with Gasteiger partial charge in [-0.3, -0.25) is 4.79 Å². The summed E-state index contributed by atoms with van der Waals surface area (Å²) in [6, 6.07) is 11.6. The fourth-order valence-electron chi connectivity index (χ4n) is 2.67. The van der Waals surface area contributed by atoms with Crippen molar-refractivity contribution in [3.63, 3.8) is 0 Å². The van der Waals surface area contributed by atoms with Crippen molar-refractivity contribution in [3.8, 4) is 5.75 Å². The highest BCUT2D eigenvalue weighted by molar-refractivity contribution is 6.12. The minimum atomic E-state index is -0.167. The van der Waals surface area contributed by atoms with Gasteiger partial charge in [-0.25, -0.2) is 0 Å². The number of ketones is 1. The highest BCUT2D eigenvalue weighted by Crippen LogP contribution is 2.30. The molecule has 1 atom stereocenters. The lowest BCUT2D eigenvalue weighted by Gasteiger charge is -2.21. The molecule has 1 unspecified atom stereocenters. The van der Waals surface area contributed by atoms with Gasteiger partial charge in [0.2, 0.25) is 0 Å². The van der Waals surface area contributed by atoms with Gasteiger partial charge in [0.05, 0.1) is 18.7 Å². The van der Waals surface area contributed by atoms with E-state index in [-0.39, 0.29) is 11.8 Å². The molecule has 20 heavy (non-hydrogen) atoms. The van der Waals surface area contributed by atoms with Crippen LogP contribution in [0, 0.1) is 0 Å². The monoisotopic (exact) mass is 267 g/mol. The molecule has 1 heterocycles. The average molecular weight is 267 g/mol. The van der Waals surface area contributed by atoms with Crippen LogP contribution in [0.4, 0.5) is 0 Å². The summed E-state index contributed by atoms with van der Waals surface area (Å²) in [6.07, 6.45) is 5.66. The molecule has 0 amide bonds. The van der Waals surface area contributed by atoms with Gasteiger partial charge in [0.1, 0.15) is 5.75 Å². The fourth-order valence-corrected chi connectivity index (χ4v) is 2.67. The van der Waals surface area contributed by atoms with Crippen LogP contribution in [0.5, 0.6) is 5.75 Å². The van der Waals surface area contributed by atoms with Crippen molar-refractivity contribution in [3.05, 3.63) is 54.2 Å². The van der Waals surface area contributed by atoms with Crippen LogP contribution >= 0.6 is 0 Å². The second-order valence-corrected chi connectivity index (χ2v) is 4.93. The molecular weight excluding hydrogens is 250 g/mol. The third kappa shape index (κ3) is 2.16. The van der Waals surface area contributed by atoms with E-state index in [0.29, 0.717) is 11.3 Å². The quantitative estimate of drug-likeness (QED) is 0.867. The maximum atomic E-state index is 12.8. The van der Waals surface area contributed by atoms with E-state index in [2.05, 4.69) is 5.32 Å².